The molecule has 7 heteroatoms. The Hall–Kier alpha value is -2.70. The summed E-state index contributed by atoms with van der Waals surface area (Å²) in [6.45, 7) is 3.46. The molecule has 1 unspecified atom stereocenters. The van der Waals surface area contributed by atoms with Gasteiger partial charge in [-0.05, 0) is 37.5 Å². The number of aromatic nitrogens is 3. The molecule has 3 heterocycles. The molecule has 0 amide bonds. The van der Waals surface area contributed by atoms with Crippen LogP contribution in [0.15, 0.2) is 47.4 Å². The number of halogens is 1. The van der Waals surface area contributed by atoms with E-state index in [2.05, 4.69) is 9.88 Å². The largest absolute Gasteiger partial charge is 0.383 e. The van der Waals surface area contributed by atoms with Gasteiger partial charge in [0.2, 0.25) is 5.95 Å². The smallest absolute Gasteiger partial charge is 0.263 e. The number of methoxy groups -OCH3 is 1. The lowest BCUT2D eigenvalue weighted by Gasteiger charge is -2.27. The van der Waals surface area contributed by atoms with Crippen molar-refractivity contribution in [3.05, 3.63) is 63.7 Å². The van der Waals surface area contributed by atoms with E-state index in [1.165, 1.54) is 0 Å². The molecular formula is C23H25ClN4O2. The van der Waals surface area contributed by atoms with Crippen molar-refractivity contribution in [1.82, 2.24) is 14.5 Å². The molecule has 6 nitrogen and oxygen atoms in total. The van der Waals surface area contributed by atoms with Gasteiger partial charge in [-0.3, -0.25) is 9.36 Å². The van der Waals surface area contributed by atoms with Crippen LogP contribution in [0, 0.1) is 6.92 Å². The first-order valence-electron chi connectivity index (χ1n) is 10.0. The minimum atomic E-state index is -0.0865. The number of pyridine rings is 1. The lowest BCUT2D eigenvalue weighted by molar-refractivity contribution is 0.180. The van der Waals surface area contributed by atoms with E-state index in [9.17, 15) is 4.79 Å². The summed E-state index contributed by atoms with van der Waals surface area (Å²) in [4.78, 5) is 24.9. The lowest BCUT2D eigenvalue weighted by Crippen LogP contribution is -2.38. The van der Waals surface area contributed by atoms with Gasteiger partial charge in [-0.25, -0.2) is 9.97 Å². The Morgan fingerprint density at radius 1 is 1.23 bits per heavy atom. The highest BCUT2D eigenvalue weighted by Crippen LogP contribution is 2.32. The van der Waals surface area contributed by atoms with Gasteiger partial charge in [-0.2, -0.15) is 0 Å². The van der Waals surface area contributed by atoms with Crippen molar-refractivity contribution in [2.45, 2.75) is 25.8 Å². The number of nitrogens with zero attached hydrogens (tertiary/aromatic N) is 4. The lowest BCUT2D eigenvalue weighted by atomic mass is 9.99. The van der Waals surface area contributed by atoms with E-state index in [1.807, 2.05) is 37.3 Å². The van der Waals surface area contributed by atoms with Crippen molar-refractivity contribution in [1.29, 1.82) is 0 Å². The van der Waals surface area contributed by atoms with Crippen LogP contribution in [0.5, 0.6) is 0 Å². The molecule has 0 spiro atoms. The zero-order valence-electron chi connectivity index (χ0n) is 17.4. The molecule has 156 valence electrons. The summed E-state index contributed by atoms with van der Waals surface area (Å²) in [5, 5.41) is 0.366. The van der Waals surface area contributed by atoms with Crippen LogP contribution in [0.4, 0.5) is 5.95 Å². The average Bonchev–Trinajstić information content (AvgIpc) is 3.18. The quantitative estimate of drug-likeness (QED) is 0.577. The number of rotatable bonds is 5. The van der Waals surface area contributed by atoms with Gasteiger partial charge >= 0.3 is 0 Å². The van der Waals surface area contributed by atoms with E-state index in [0.717, 1.165) is 36.1 Å². The van der Waals surface area contributed by atoms with Crippen LogP contribution in [0.2, 0.25) is 5.15 Å². The summed E-state index contributed by atoms with van der Waals surface area (Å²) in [5.41, 5.74) is 3.79. The summed E-state index contributed by atoms with van der Waals surface area (Å²) in [5.74, 6) is 0.652. The number of ether oxygens (including phenoxy) is 1. The maximum Gasteiger partial charge on any atom is 0.263 e. The van der Waals surface area contributed by atoms with E-state index in [4.69, 9.17) is 21.3 Å². The third kappa shape index (κ3) is 3.85. The van der Waals surface area contributed by atoms with E-state index in [1.54, 1.807) is 31.0 Å². The number of benzene rings is 1. The second kappa shape index (κ2) is 8.58. The maximum absolute atomic E-state index is 13.6. The number of aryl methyl sites for hydroxylation is 1. The van der Waals surface area contributed by atoms with E-state index in [0.29, 0.717) is 29.0 Å². The first-order chi connectivity index (χ1) is 14.5. The van der Waals surface area contributed by atoms with Gasteiger partial charge in [-0.15, -0.1) is 0 Å². The molecule has 0 bridgehead atoms. The van der Waals surface area contributed by atoms with Crippen molar-refractivity contribution in [2.24, 2.45) is 7.05 Å². The molecule has 1 aliphatic rings. The molecule has 0 N–H and O–H groups in total. The molecular weight excluding hydrogens is 400 g/mol. The van der Waals surface area contributed by atoms with Gasteiger partial charge in [0.05, 0.1) is 23.9 Å². The third-order valence-electron chi connectivity index (χ3n) is 5.57. The molecule has 30 heavy (non-hydrogen) atoms. The van der Waals surface area contributed by atoms with Crippen LogP contribution < -0.4 is 10.5 Å². The van der Waals surface area contributed by atoms with Crippen LogP contribution in [0.25, 0.3) is 22.4 Å². The predicted molar refractivity (Wildman–Crippen MR) is 120 cm³/mol. The molecule has 4 rings (SSSR count). The first-order valence-corrected chi connectivity index (χ1v) is 10.4. The molecule has 0 saturated carbocycles. The monoisotopic (exact) mass is 424 g/mol. The summed E-state index contributed by atoms with van der Waals surface area (Å²) in [6, 6.07) is 11.7. The summed E-state index contributed by atoms with van der Waals surface area (Å²) < 4.78 is 7.05. The van der Waals surface area contributed by atoms with Crippen LogP contribution >= 0.6 is 11.6 Å². The van der Waals surface area contributed by atoms with Crippen molar-refractivity contribution in [2.75, 3.05) is 25.2 Å². The molecule has 1 saturated heterocycles. The second-order valence-corrected chi connectivity index (χ2v) is 8.07. The Kier molecular flexibility index (Phi) is 5.88. The molecule has 0 aliphatic carbocycles. The fraction of sp³-hybridized carbons (Fsp3) is 0.348. The Bertz CT molecular complexity index is 1130. The van der Waals surface area contributed by atoms with Gasteiger partial charge in [0.1, 0.15) is 5.15 Å². The first kappa shape index (κ1) is 20.6. The molecule has 1 aromatic carbocycles. The minimum absolute atomic E-state index is 0.0865. The molecule has 0 radical (unpaired) electrons. The Labute approximate surface area is 181 Å². The highest BCUT2D eigenvalue weighted by Gasteiger charge is 2.29. The SMILES string of the molecule is COCC1CCCN1c1nc(-c2ccnc(Cl)c2)c(-c2cccc(C)c2)c(=O)n1C. The maximum atomic E-state index is 13.6. The second-order valence-electron chi connectivity index (χ2n) is 7.68. The Morgan fingerprint density at radius 3 is 2.80 bits per heavy atom. The predicted octanol–water partition coefficient (Wildman–Crippen LogP) is 4.09. The standard InChI is InChI=1S/C23H25ClN4O2/c1-15-6-4-7-16(12-15)20-21(17-9-10-25-19(24)13-17)26-23(27(2)22(20)29)28-11-5-8-18(28)14-30-3/h4,6-7,9-10,12-13,18H,5,8,11,14H2,1-3H3. The molecule has 2 aromatic heterocycles. The molecule has 1 fully saturated rings. The van der Waals surface area contributed by atoms with Crippen molar-refractivity contribution in [3.8, 4) is 22.4 Å². The van der Waals surface area contributed by atoms with E-state index in [-0.39, 0.29) is 11.6 Å². The number of hydrogen-bond donors (Lipinski definition) is 0. The fourth-order valence-corrected chi connectivity index (χ4v) is 4.31. The fourth-order valence-electron chi connectivity index (χ4n) is 4.13. The number of anilines is 1. The van der Waals surface area contributed by atoms with Crippen LogP contribution in [0.3, 0.4) is 0 Å². The third-order valence-corrected chi connectivity index (χ3v) is 5.77. The van der Waals surface area contributed by atoms with Crippen LogP contribution in [-0.4, -0.2) is 40.8 Å². The van der Waals surface area contributed by atoms with Gasteiger partial charge in [-0.1, -0.05) is 41.4 Å². The Morgan fingerprint density at radius 2 is 2.07 bits per heavy atom. The van der Waals surface area contributed by atoms with E-state index >= 15 is 0 Å². The summed E-state index contributed by atoms with van der Waals surface area (Å²) in [7, 11) is 3.49. The molecule has 1 aliphatic heterocycles. The highest BCUT2D eigenvalue weighted by atomic mass is 35.5. The van der Waals surface area contributed by atoms with Crippen LogP contribution in [0.1, 0.15) is 18.4 Å². The normalized spacial score (nSPS) is 16.3. The van der Waals surface area contributed by atoms with E-state index < -0.39 is 0 Å². The van der Waals surface area contributed by atoms with Gasteiger partial charge in [0.25, 0.3) is 5.56 Å². The molecule has 3 aromatic rings. The van der Waals surface area contributed by atoms with Gasteiger partial charge in [0.15, 0.2) is 0 Å². The van der Waals surface area contributed by atoms with Gasteiger partial charge in [0, 0.05) is 32.5 Å². The topological polar surface area (TPSA) is 60.2 Å². The Balaban J connectivity index is 1.97. The molecule has 1 atom stereocenters. The van der Waals surface area contributed by atoms with Crippen LogP contribution in [-0.2, 0) is 11.8 Å². The average molecular weight is 425 g/mol. The zero-order chi connectivity index (χ0) is 21.3. The summed E-state index contributed by atoms with van der Waals surface area (Å²) in [6.07, 6.45) is 3.69. The highest BCUT2D eigenvalue weighted by molar-refractivity contribution is 6.29. The van der Waals surface area contributed by atoms with Crippen molar-refractivity contribution >= 4 is 17.5 Å². The van der Waals surface area contributed by atoms with Crippen molar-refractivity contribution in [3.63, 3.8) is 0 Å². The minimum Gasteiger partial charge on any atom is -0.383 e. The van der Waals surface area contributed by atoms with Crippen molar-refractivity contribution < 1.29 is 4.74 Å². The summed E-state index contributed by atoms with van der Waals surface area (Å²) >= 11 is 6.17. The zero-order valence-corrected chi connectivity index (χ0v) is 18.2. The number of hydrogen-bond acceptors (Lipinski definition) is 5. The van der Waals surface area contributed by atoms with Gasteiger partial charge < -0.3 is 9.64 Å².